The summed E-state index contributed by atoms with van der Waals surface area (Å²) in [4.78, 5) is 25.6. The molecular formula is C27H22F2N4O2. The molecule has 0 saturated carbocycles. The Labute approximate surface area is 199 Å². The number of halogens is 2. The molecule has 1 amide bonds. The first-order valence-corrected chi connectivity index (χ1v) is 11.1. The quantitative estimate of drug-likeness (QED) is 0.402. The SMILES string of the molecule is Cc1cccc(Cn2cc3c(=O)n(CC(=O)NCc4ccc(F)cc4)nc-3c3cc(F)ccc32)c1. The van der Waals surface area contributed by atoms with Crippen LogP contribution in [0, 0.1) is 18.6 Å². The summed E-state index contributed by atoms with van der Waals surface area (Å²) in [6.45, 7) is 2.40. The summed E-state index contributed by atoms with van der Waals surface area (Å²) in [6.07, 6.45) is 1.71. The van der Waals surface area contributed by atoms with E-state index in [1.54, 1.807) is 24.4 Å². The van der Waals surface area contributed by atoms with Gasteiger partial charge in [-0.3, -0.25) is 9.59 Å². The summed E-state index contributed by atoms with van der Waals surface area (Å²) >= 11 is 0. The first-order chi connectivity index (χ1) is 16.9. The predicted molar refractivity (Wildman–Crippen MR) is 129 cm³/mol. The highest BCUT2D eigenvalue weighted by Crippen LogP contribution is 2.28. The fourth-order valence-corrected chi connectivity index (χ4v) is 4.19. The normalized spacial score (nSPS) is 11.3. The molecule has 6 nitrogen and oxygen atoms in total. The van der Waals surface area contributed by atoms with Crippen LogP contribution in [0.15, 0.2) is 77.7 Å². The van der Waals surface area contributed by atoms with Gasteiger partial charge < -0.3 is 9.88 Å². The van der Waals surface area contributed by atoms with Gasteiger partial charge in [-0.15, -0.1) is 0 Å². The molecule has 0 radical (unpaired) electrons. The van der Waals surface area contributed by atoms with Crippen molar-refractivity contribution in [2.24, 2.45) is 0 Å². The summed E-state index contributed by atoms with van der Waals surface area (Å²) in [6, 6.07) is 18.2. The Balaban J connectivity index is 1.48. The van der Waals surface area contributed by atoms with E-state index in [1.165, 1.54) is 24.3 Å². The molecule has 1 N–H and O–H groups in total. The van der Waals surface area contributed by atoms with E-state index in [0.29, 0.717) is 23.2 Å². The van der Waals surface area contributed by atoms with Crippen LogP contribution >= 0.6 is 0 Å². The Morgan fingerprint density at radius 2 is 1.74 bits per heavy atom. The van der Waals surface area contributed by atoms with Gasteiger partial charge in [-0.25, -0.2) is 13.5 Å². The van der Waals surface area contributed by atoms with Gasteiger partial charge in [-0.1, -0.05) is 42.0 Å². The number of amides is 1. The fourth-order valence-electron chi connectivity index (χ4n) is 4.19. The number of aromatic nitrogens is 3. The highest BCUT2D eigenvalue weighted by molar-refractivity contribution is 5.93. The van der Waals surface area contributed by atoms with Crippen LogP contribution in [0.5, 0.6) is 0 Å². The molecule has 0 atom stereocenters. The molecule has 2 aliphatic heterocycles. The number of rotatable bonds is 6. The molecule has 0 bridgehead atoms. The molecule has 0 saturated heterocycles. The van der Waals surface area contributed by atoms with Crippen molar-refractivity contribution in [2.75, 3.05) is 0 Å². The Morgan fingerprint density at radius 1 is 0.971 bits per heavy atom. The molecule has 0 fully saturated rings. The molecule has 2 heterocycles. The largest absolute Gasteiger partial charge is 0.350 e. The molecule has 0 aromatic heterocycles. The molecule has 8 heteroatoms. The number of hydrogen-bond acceptors (Lipinski definition) is 3. The zero-order valence-corrected chi connectivity index (χ0v) is 19.0. The van der Waals surface area contributed by atoms with Crippen molar-refractivity contribution in [2.45, 2.75) is 26.6 Å². The van der Waals surface area contributed by atoms with Crippen LogP contribution in [0.4, 0.5) is 8.78 Å². The number of fused-ring (bicyclic) bond motifs is 3. The van der Waals surface area contributed by atoms with Gasteiger partial charge in [0.25, 0.3) is 5.56 Å². The summed E-state index contributed by atoms with van der Waals surface area (Å²) in [5.74, 6) is -1.21. The second-order valence-electron chi connectivity index (χ2n) is 8.54. The maximum Gasteiger partial charge on any atom is 0.278 e. The van der Waals surface area contributed by atoms with Gasteiger partial charge in [0.1, 0.15) is 23.9 Å². The van der Waals surface area contributed by atoms with Gasteiger partial charge in [-0.2, -0.15) is 5.10 Å². The Morgan fingerprint density at radius 3 is 2.51 bits per heavy atom. The average molecular weight is 472 g/mol. The van der Waals surface area contributed by atoms with E-state index < -0.39 is 17.3 Å². The zero-order valence-electron chi connectivity index (χ0n) is 19.0. The third kappa shape index (κ3) is 4.68. The lowest BCUT2D eigenvalue weighted by Gasteiger charge is -2.14. The van der Waals surface area contributed by atoms with Gasteiger partial charge in [0, 0.05) is 24.7 Å². The van der Waals surface area contributed by atoms with Gasteiger partial charge in [0.05, 0.1) is 11.1 Å². The molecule has 0 aliphatic carbocycles. The lowest BCUT2D eigenvalue weighted by atomic mass is 10.1. The van der Waals surface area contributed by atoms with E-state index in [-0.39, 0.29) is 18.9 Å². The van der Waals surface area contributed by atoms with Crippen molar-refractivity contribution >= 4 is 16.8 Å². The average Bonchev–Trinajstić information content (AvgIpc) is 3.14. The van der Waals surface area contributed by atoms with Crippen molar-refractivity contribution in [3.63, 3.8) is 0 Å². The minimum atomic E-state index is -0.439. The van der Waals surface area contributed by atoms with Crippen LogP contribution in [0.1, 0.15) is 16.7 Å². The lowest BCUT2D eigenvalue weighted by Crippen LogP contribution is -2.31. The zero-order chi connectivity index (χ0) is 24.5. The van der Waals surface area contributed by atoms with E-state index in [0.717, 1.165) is 26.9 Å². The first kappa shape index (κ1) is 22.5. The van der Waals surface area contributed by atoms with Crippen molar-refractivity contribution < 1.29 is 13.6 Å². The second kappa shape index (κ2) is 9.13. The third-order valence-electron chi connectivity index (χ3n) is 5.88. The second-order valence-corrected chi connectivity index (χ2v) is 8.54. The number of carbonyl (C=O) groups excluding carboxylic acids is 1. The van der Waals surface area contributed by atoms with Crippen LogP contribution in [0.25, 0.3) is 22.2 Å². The smallest absolute Gasteiger partial charge is 0.278 e. The van der Waals surface area contributed by atoms with Crippen LogP contribution in [-0.2, 0) is 24.4 Å². The minimum Gasteiger partial charge on any atom is -0.350 e. The maximum atomic E-state index is 14.2. The first-order valence-electron chi connectivity index (χ1n) is 11.1. The van der Waals surface area contributed by atoms with Crippen LogP contribution in [-0.4, -0.2) is 20.3 Å². The third-order valence-corrected chi connectivity index (χ3v) is 5.88. The van der Waals surface area contributed by atoms with Crippen LogP contribution in [0.3, 0.4) is 0 Å². The molecule has 0 unspecified atom stereocenters. The highest BCUT2D eigenvalue weighted by atomic mass is 19.1. The molecule has 176 valence electrons. The molecule has 5 rings (SSSR count). The van der Waals surface area contributed by atoms with E-state index in [2.05, 4.69) is 16.5 Å². The Bertz CT molecular complexity index is 1570. The fraction of sp³-hybridized carbons (Fsp3) is 0.148. The summed E-state index contributed by atoms with van der Waals surface area (Å²) < 4.78 is 30.2. The van der Waals surface area contributed by atoms with Gasteiger partial charge >= 0.3 is 0 Å². The Hall–Kier alpha value is -4.33. The van der Waals surface area contributed by atoms with E-state index >= 15 is 0 Å². The number of aryl methyl sites for hydroxylation is 1. The Kier molecular flexibility index (Phi) is 5.86. The van der Waals surface area contributed by atoms with Crippen molar-refractivity contribution in [1.82, 2.24) is 19.7 Å². The molecule has 0 spiro atoms. The number of carbonyl (C=O) groups is 1. The van der Waals surface area contributed by atoms with Gasteiger partial charge in [0.2, 0.25) is 5.91 Å². The number of hydrogen-bond donors (Lipinski definition) is 1. The molecular weight excluding hydrogens is 450 g/mol. The van der Waals surface area contributed by atoms with Gasteiger partial charge in [-0.05, 0) is 48.4 Å². The number of benzene rings is 3. The van der Waals surface area contributed by atoms with Crippen LogP contribution < -0.4 is 10.9 Å². The van der Waals surface area contributed by atoms with Gasteiger partial charge in [0.15, 0.2) is 0 Å². The van der Waals surface area contributed by atoms with Crippen molar-refractivity contribution in [3.05, 3.63) is 112 Å². The summed E-state index contributed by atoms with van der Waals surface area (Å²) in [5, 5.41) is 7.57. The maximum absolute atomic E-state index is 14.2. The molecule has 3 aromatic rings. The predicted octanol–water partition coefficient (Wildman–Crippen LogP) is 4.25. The van der Waals surface area contributed by atoms with Crippen molar-refractivity contribution in [1.29, 1.82) is 0 Å². The molecule has 2 aliphatic rings. The topological polar surface area (TPSA) is 68.9 Å². The standard InChI is InChI=1S/C27H22F2N4O2/c1-17-3-2-4-19(11-17)14-32-15-23-26(22-12-21(29)9-10-24(22)32)31-33(27(23)35)16-25(34)30-13-18-5-7-20(28)8-6-18/h2-12,15H,13-14,16H2,1H3,(H,30,34). The van der Waals surface area contributed by atoms with E-state index in [9.17, 15) is 18.4 Å². The number of nitrogens with zero attached hydrogens (tertiary/aromatic N) is 3. The van der Waals surface area contributed by atoms with E-state index in [4.69, 9.17) is 0 Å². The monoisotopic (exact) mass is 472 g/mol. The summed E-state index contributed by atoms with van der Waals surface area (Å²) in [5.41, 5.74) is 3.83. The molecule has 35 heavy (non-hydrogen) atoms. The number of pyridine rings is 1. The van der Waals surface area contributed by atoms with Crippen LogP contribution in [0.2, 0.25) is 0 Å². The molecule has 3 aromatic carbocycles. The highest BCUT2D eigenvalue weighted by Gasteiger charge is 2.21. The minimum absolute atomic E-state index is 0.193. The van der Waals surface area contributed by atoms with E-state index in [1.807, 2.05) is 29.7 Å². The lowest BCUT2D eigenvalue weighted by molar-refractivity contribution is -0.122. The number of nitrogens with one attached hydrogen (secondary N) is 1. The van der Waals surface area contributed by atoms with Crippen molar-refractivity contribution in [3.8, 4) is 11.3 Å². The summed E-state index contributed by atoms with van der Waals surface area (Å²) in [7, 11) is 0.